The summed E-state index contributed by atoms with van der Waals surface area (Å²) in [6, 6.07) is 19.7. The van der Waals surface area contributed by atoms with E-state index in [1.807, 2.05) is 0 Å². The van der Waals surface area contributed by atoms with Crippen LogP contribution in [0, 0.1) is 5.92 Å². The summed E-state index contributed by atoms with van der Waals surface area (Å²) < 4.78 is 0. The van der Waals surface area contributed by atoms with Crippen molar-refractivity contribution in [3.63, 3.8) is 0 Å². The Balaban J connectivity index is 1.93. The molecule has 1 aliphatic heterocycles. The minimum absolute atomic E-state index is 0.176. The van der Waals surface area contributed by atoms with Crippen LogP contribution in [0.25, 0.3) is 11.1 Å². The first kappa shape index (κ1) is 13.4. The Morgan fingerprint density at radius 3 is 2.10 bits per heavy atom. The quantitative estimate of drug-likeness (QED) is 0.856. The molecule has 0 bridgehead atoms. The second-order valence-corrected chi connectivity index (χ2v) is 6.10. The predicted molar refractivity (Wildman–Crippen MR) is 85.6 cm³/mol. The lowest BCUT2D eigenvalue weighted by molar-refractivity contribution is 0.277. The van der Waals surface area contributed by atoms with Crippen molar-refractivity contribution in [2.45, 2.75) is 32.2 Å². The van der Waals surface area contributed by atoms with E-state index in [9.17, 15) is 0 Å². The first-order valence-electron chi connectivity index (χ1n) is 7.63. The van der Waals surface area contributed by atoms with Crippen LogP contribution >= 0.6 is 0 Å². The fourth-order valence-corrected chi connectivity index (χ4v) is 3.43. The van der Waals surface area contributed by atoms with E-state index >= 15 is 0 Å². The van der Waals surface area contributed by atoms with Gasteiger partial charge in [0.05, 0.1) is 0 Å². The van der Waals surface area contributed by atoms with E-state index < -0.39 is 0 Å². The van der Waals surface area contributed by atoms with E-state index in [0.717, 1.165) is 6.54 Å². The van der Waals surface area contributed by atoms with Gasteiger partial charge in [-0.3, -0.25) is 0 Å². The van der Waals surface area contributed by atoms with Gasteiger partial charge in [0.1, 0.15) is 0 Å². The molecule has 0 aliphatic carbocycles. The van der Waals surface area contributed by atoms with Gasteiger partial charge in [-0.25, -0.2) is 0 Å². The highest BCUT2D eigenvalue weighted by Gasteiger charge is 2.37. The molecular formula is C19H23N. The highest BCUT2D eigenvalue weighted by atomic mass is 15.0. The van der Waals surface area contributed by atoms with Crippen LogP contribution in [0.1, 0.15) is 32.3 Å². The van der Waals surface area contributed by atoms with Crippen LogP contribution in [0.5, 0.6) is 0 Å². The van der Waals surface area contributed by atoms with Crippen molar-refractivity contribution in [1.82, 2.24) is 5.32 Å². The summed E-state index contributed by atoms with van der Waals surface area (Å²) in [4.78, 5) is 0. The van der Waals surface area contributed by atoms with Gasteiger partial charge in [0.25, 0.3) is 0 Å². The number of hydrogen-bond acceptors (Lipinski definition) is 1. The van der Waals surface area contributed by atoms with Crippen molar-refractivity contribution in [3.8, 4) is 11.1 Å². The largest absolute Gasteiger partial charge is 0.307 e. The molecule has 0 radical (unpaired) electrons. The average Bonchev–Trinajstić information content (AvgIpc) is 2.99. The summed E-state index contributed by atoms with van der Waals surface area (Å²) in [7, 11) is 0. The standard InChI is InChI=1S/C19H23N/c1-15(2)19(13-6-14-20-19)18-11-9-17(10-12-18)16-7-4-3-5-8-16/h3-5,7-12,15,20H,6,13-14H2,1-2H3. The lowest BCUT2D eigenvalue weighted by Gasteiger charge is -2.34. The lowest BCUT2D eigenvalue weighted by atomic mass is 9.78. The van der Waals surface area contributed by atoms with Crippen molar-refractivity contribution in [2.75, 3.05) is 6.54 Å². The van der Waals surface area contributed by atoms with Crippen LogP contribution in [0.15, 0.2) is 54.6 Å². The molecule has 1 N–H and O–H groups in total. The Hall–Kier alpha value is -1.60. The molecule has 1 fully saturated rings. The zero-order chi connectivity index (χ0) is 14.0. The van der Waals surface area contributed by atoms with Crippen molar-refractivity contribution < 1.29 is 0 Å². The number of hydrogen-bond donors (Lipinski definition) is 1. The highest BCUT2D eigenvalue weighted by Crippen LogP contribution is 2.38. The Bertz CT molecular complexity index is 548. The monoisotopic (exact) mass is 265 g/mol. The molecule has 0 saturated carbocycles. The van der Waals surface area contributed by atoms with Crippen LogP contribution in [-0.2, 0) is 5.54 Å². The molecule has 1 aliphatic rings. The smallest absolute Gasteiger partial charge is 0.0458 e. The zero-order valence-electron chi connectivity index (χ0n) is 12.4. The molecule has 1 unspecified atom stereocenters. The third-order valence-electron chi connectivity index (χ3n) is 4.68. The molecule has 0 amide bonds. The van der Waals surface area contributed by atoms with E-state index in [2.05, 4.69) is 73.8 Å². The summed E-state index contributed by atoms with van der Waals surface area (Å²) in [6.07, 6.45) is 2.52. The maximum atomic E-state index is 3.75. The van der Waals surface area contributed by atoms with Gasteiger partial charge in [-0.05, 0) is 42.0 Å². The lowest BCUT2D eigenvalue weighted by Crippen LogP contribution is -2.41. The summed E-state index contributed by atoms with van der Waals surface area (Å²) in [5.41, 5.74) is 4.20. The summed E-state index contributed by atoms with van der Waals surface area (Å²) in [5, 5.41) is 3.75. The van der Waals surface area contributed by atoms with E-state index in [1.165, 1.54) is 29.5 Å². The zero-order valence-corrected chi connectivity index (χ0v) is 12.4. The fraction of sp³-hybridized carbons (Fsp3) is 0.368. The number of benzene rings is 2. The summed E-state index contributed by atoms with van der Waals surface area (Å²) in [6.45, 7) is 5.78. The SMILES string of the molecule is CC(C)C1(c2ccc(-c3ccccc3)cc2)CCCN1. The van der Waals surface area contributed by atoms with E-state index in [4.69, 9.17) is 0 Å². The first-order valence-corrected chi connectivity index (χ1v) is 7.63. The highest BCUT2D eigenvalue weighted by molar-refractivity contribution is 5.63. The maximum absolute atomic E-state index is 3.75. The Morgan fingerprint density at radius 1 is 0.900 bits per heavy atom. The van der Waals surface area contributed by atoms with Crippen LogP contribution < -0.4 is 5.32 Å². The summed E-state index contributed by atoms with van der Waals surface area (Å²) >= 11 is 0. The van der Waals surface area contributed by atoms with E-state index in [-0.39, 0.29) is 5.54 Å². The van der Waals surface area contributed by atoms with Gasteiger partial charge in [0, 0.05) is 5.54 Å². The molecule has 2 aromatic carbocycles. The number of nitrogens with one attached hydrogen (secondary N) is 1. The predicted octanol–water partition coefficient (Wildman–Crippen LogP) is 4.59. The van der Waals surface area contributed by atoms with Crippen LogP contribution in [0.4, 0.5) is 0 Å². The molecular weight excluding hydrogens is 242 g/mol. The Kier molecular flexibility index (Phi) is 3.62. The van der Waals surface area contributed by atoms with Gasteiger partial charge in [-0.1, -0.05) is 68.4 Å². The van der Waals surface area contributed by atoms with Crippen molar-refractivity contribution >= 4 is 0 Å². The van der Waals surface area contributed by atoms with Gasteiger partial charge in [0.15, 0.2) is 0 Å². The minimum Gasteiger partial charge on any atom is -0.307 e. The van der Waals surface area contributed by atoms with Crippen molar-refractivity contribution in [1.29, 1.82) is 0 Å². The Morgan fingerprint density at radius 2 is 1.55 bits per heavy atom. The summed E-state index contributed by atoms with van der Waals surface area (Å²) in [5.74, 6) is 0.618. The van der Waals surface area contributed by atoms with Crippen LogP contribution in [-0.4, -0.2) is 6.54 Å². The molecule has 104 valence electrons. The minimum atomic E-state index is 0.176. The molecule has 1 heteroatoms. The molecule has 0 aromatic heterocycles. The second kappa shape index (κ2) is 5.41. The van der Waals surface area contributed by atoms with Gasteiger partial charge in [-0.2, -0.15) is 0 Å². The molecule has 1 atom stereocenters. The number of rotatable bonds is 3. The maximum Gasteiger partial charge on any atom is 0.0458 e. The molecule has 2 aromatic rings. The van der Waals surface area contributed by atoms with Crippen molar-refractivity contribution in [2.24, 2.45) is 5.92 Å². The molecule has 1 saturated heterocycles. The third-order valence-corrected chi connectivity index (χ3v) is 4.68. The molecule has 1 nitrogen and oxygen atoms in total. The average molecular weight is 265 g/mol. The fourth-order valence-electron chi connectivity index (χ4n) is 3.43. The van der Waals surface area contributed by atoms with Gasteiger partial charge < -0.3 is 5.32 Å². The van der Waals surface area contributed by atoms with Gasteiger partial charge in [-0.15, -0.1) is 0 Å². The molecule has 20 heavy (non-hydrogen) atoms. The van der Waals surface area contributed by atoms with E-state index in [0.29, 0.717) is 5.92 Å². The third kappa shape index (κ3) is 2.27. The Labute approximate surface area is 122 Å². The second-order valence-electron chi connectivity index (χ2n) is 6.10. The van der Waals surface area contributed by atoms with Crippen LogP contribution in [0.2, 0.25) is 0 Å². The normalized spacial score (nSPS) is 22.4. The van der Waals surface area contributed by atoms with Gasteiger partial charge in [0.2, 0.25) is 0 Å². The van der Waals surface area contributed by atoms with Crippen molar-refractivity contribution in [3.05, 3.63) is 60.2 Å². The van der Waals surface area contributed by atoms with Crippen LogP contribution in [0.3, 0.4) is 0 Å². The topological polar surface area (TPSA) is 12.0 Å². The van der Waals surface area contributed by atoms with Gasteiger partial charge >= 0.3 is 0 Å². The first-order chi connectivity index (χ1) is 9.72. The van der Waals surface area contributed by atoms with E-state index in [1.54, 1.807) is 0 Å². The molecule has 1 heterocycles. The molecule has 3 rings (SSSR count). The molecule has 0 spiro atoms.